The molecule has 4 nitrogen and oxygen atoms in total. The minimum atomic E-state index is 0.715. The minimum absolute atomic E-state index is 0.715. The molecule has 0 spiro atoms. The first-order valence-electron chi connectivity index (χ1n) is 7.38. The third-order valence-electron chi connectivity index (χ3n) is 3.17. The van der Waals surface area contributed by atoms with Crippen molar-refractivity contribution < 1.29 is 0 Å². The van der Waals surface area contributed by atoms with Crippen molar-refractivity contribution in [2.45, 2.75) is 47.0 Å². The van der Waals surface area contributed by atoms with Gasteiger partial charge in [0.05, 0.1) is 0 Å². The maximum Gasteiger partial charge on any atom is 0.137 e. The Morgan fingerprint density at radius 2 is 2.00 bits per heavy atom. The minimum Gasteiger partial charge on any atom is -0.370 e. The van der Waals surface area contributed by atoms with Gasteiger partial charge < -0.3 is 10.2 Å². The van der Waals surface area contributed by atoms with Crippen LogP contribution < -0.4 is 10.2 Å². The molecule has 1 rings (SSSR count). The smallest absolute Gasteiger partial charge is 0.137 e. The highest BCUT2D eigenvalue weighted by Crippen LogP contribution is 2.24. The van der Waals surface area contributed by atoms with Crippen molar-refractivity contribution in [2.75, 3.05) is 30.4 Å². The molecule has 1 N–H and O–H groups in total. The largest absolute Gasteiger partial charge is 0.370 e. The maximum atomic E-state index is 4.49. The van der Waals surface area contributed by atoms with Gasteiger partial charge in [-0.3, -0.25) is 0 Å². The first kappa shape index (κ1) is 15.7. The van der Waals surface area contributed by atoms with Gasteiger partial charge in [-0.1, -0.05) is 27.2 Å². The van der Waals surface area contributed by atoms with Crippen molar-refractivity contribution >= 4 is 11.6 Å². The SMILES string of the molecule is CCCc1c(NCC)ncnc1N(C)CCC(C)C. The number of anilines is 2. The second-order valence-corrected chi connectivity index (χ2v) is 5.41. The Hall–Kier alpha value is -1.32. The first-order chi connectivity index (χ1) is 9.10. The summed E-state index contributed by atoms with van der Waals surface area (Å²) in [5, 5.41) is 3.34. The van der Waals surface area contributed by atoms with Crippen molar-refractivity contribution in [3.63, 3.8) is 0 Å². The lowest BCUT2D eigenvalue weighted by Crippen LogP contribution is -2.23. The Bertz CT molecular complexity index is 376. The van der Waals surface area contributed by atoms with Crippen molar-refractivity contribution in [3.05, 3.63) is 11.9 Å². The monoisotopic (exact) mass is 264 g/mol. The van der Waals surface area contributed by atoms with Gasteiger partial charge in [0.1, 0.15) is 18.0 Å². The molecular formula is C15H28N4. The summed E-state index contributed by atoms with van der Waals surface area (Å²) in [6, 6.07) is 0. The second-order valence-electron chi connectivity index (χ2n) is 5.41. The van der Waals surface area contributed by atoms with Gasteiger partial charge in [-0.2, -0.15) is 0 Å². The number of nitrogens with zero attached hydrogens (tertiary/aromatic N) is 3. The molecular weight excluding hydrogens is 236 g/mol. The fourth-order valence-electron chi connectivity index (χ4n) is 2.09. The molecule has 1 heterocycles. The highest BCUT2D eigenvalue weighted by Gasteiger charge is 2.14. The summed E-state index contributed by atoms with van der Waals surface area (Å²) in [5.74, 6) is 2.78. The molecule has 1 aromatic rings. The van der Waals surface area contributed by atoms with Crippen LogP contribution in [0.4, 0.5) is 11.6 Å². The second kappa shape index (κ2) is 7.97. The van der Waals surface area contributed by atoms with E-state index in [0.717, 1.165) is 37.6 Å². The van der Waals surface area contributed by atoms with E-state index in [0.29, 0.717) is 5.92 Å². The number of hydrogen-bond acceptors (Lipinski definition) is 4. The van der Waals surface area contributed by atoms with E-state index in [1.807, 2.05) is 0 Å². The molecule has 0 fully saturated rings. The molecule has 1 aromatic heterocycles. The third kappa shape index (κ3) is 4.69. The summed E-state index contributed by atoms with van der Waals surface area (Å²) in [4.78, 5) is 11.1. The van der Waals surface area contributed by atoms with Crippen LogP contribution in [0.15, 0.2) is 6.33 Å². The quantitative estimate of drug-likeness (QED) is 0.782. The highest BCUT2D eigenvalue weighted by atomic mass is 15.2. The molecule has 19 heavy (non-hydrogen) atoms. The highest BCUT2D eigenvalue weighted by molar-refractivity contribution is 5.58. The fourth-order valence-corrected chi connectivity index (χ4v) is 2.09. The van der Waals surface area contributed by atoms with Crippen molar-refractivity contribution in [3.8, 4) is 0 Å². The Balaban J connectivity index is 2.93. The average molecular weight is 264 g/mol. The average Bonchev–Trinajstić information content (AvgIpc) is 2.38. The lowest BCUT2D eigenvalue weighted by atomic mass is 10.1. The van der Waals surface area contributed by atoms with Crippen LogP contribution >= 0.6 is 0 Å². The predicted octanol–water partition coefficient (Wildman–Crippen LogP) is 3.34. The van der Waals surface area contributed by atoms with Crippen molar-refractivity contribution in [1.29, 1.82) is 0 Å². The van der Waals surface area contributed by atoms with Crippen LogP contribution in [0.3, 0.4) is 0 Å². The zero-order valence-electron chi connectivity index (χ0n) is 13.0. The van der Waals surface area contributed by atoms with E-state index < -0.39 is 0 Å². The van der Waals surface area contributed by atoms with Crippen LogP contribution in [0, 0.1) is 5.92 Å². The van der Waals surface area contributed by atoms with Crippen molar-refractivity contribution in [1.82, 2.24) is 9.97 Å². The van der Waals surface area contributed by atoms with Crippen LogP contribution in [-0.2, 0) is 6.42 Å². The summed E-state index contributed by atoms with van der Waals surface area (Å²) in [5.41, 5.74) is 1.25. The molecule has 0 aliphatic heterocycles. The van der Waals surface area contributed by atoms with Gasteiger partial charge in [-0.15, -0.1) is 0 Å². The van der Waals surface area contributed by atoms with Crippen LogP contribution in [-0.4, -0.2) is 30.1 Å². The van der Waals surface area contributed by atoms with Gasteiger partial charge in [0.2, 0.25) is 0 Å². The van der Waals surface area contributed by atoms with Gasteiger partial charge >= 0.3 is 0 Å². The van der Waals surface area contributed by atoms with E-state index in [1.165, 1.54) is 12.0 Å². The Morgan fingerprint density at radius 3 is 2.58 bits per heavy atom. The van der Waals surface area contributed by atoms with Gasteiger partial charge in [0.15, 0.2) is 0 Å². The summed E-state index contributed by atoms with van der Waals surface area (Å²) >= 11 is 0. The molecule has 0 atom stereocenters. The molecule has 0 amide bonds. The van der Waals surface area contributed by atoms with E-state index in [2.05, 4.69) is 54.9 Å². The Kier molecular flexibility index (Phi) is 6.60. The molecule has 4 heteroatoms. The molecule has 0 aliphatic carbocycles. The summed E-state index contributed by atoms with van der Waals surface area (Å²) in [7, 11) is 2.12. The molecule has 108 valence electrons. The topological polar surface area (TPSA) is 41.1 Å². The number of aromatic nitrogens is 2. The zero-order chi connectivity index (χ0) is 14.3. The number of hydrogen-bond donors (Lipinski definition) is 1. The third-order valence-corrected chi connectivity index (χ3v) is 3.17. The predicted molar refractivity (Wildman–Crippen MR) is 82.9 cm³/mol. The normalized spacial score (nSPS) is 10.8. The van der Waals surface area contributed by atoms with E-state index in [4.69, 9.17) is 0 Å². The van der Waals surface area contributed by atoms with E-state index in [1.54, 1.807) is 6.33 Å². The van der Waals surface area contributed by atoms with Gasteiger partial charge in [0, 0.05) is 25.7 Å². The van der Waals surface area contributed by atoms with Gasteiger partial charge in [-0.05, 0) is 25.7 Å². The van der Waals surface area contributed by atoms with E-state index >= 15 is 0 Å². The molecule has 0 saturated heterocycles. The van der Waals surface area contributed by atoms with Crippen LogP contribution in [0.5, 0.6) is 0 Å². The number of nitrogens with one attached hydrogen (secondary N) is 1. The lowest BCUT2D eigenvalue weighted by Gasteiger charge is -2.23. The lowest BCUT2D eigenvalue weighted by molar-refractivity contribution is 0.582. The number of rotatable bonds is 8. The van der Waals surface area contributed by atoms with Gasteiger partial charge in [0.25, 0.3) is 0 Å². The van der Waals surface area contributed by atoms with E-state index in [-0.39, 0.29) is 0 Å². The van der Waals surface area contributed by atoms with Crippen LogP contribution in [0.1, 0.15) is 46.1 Å². The standard InChI is InChI=1S/C15H28N4/c1-6-8-13-14(16-7-2)17-11-18-15(13)19(5)10-9-12(3)4/h11-12H,6-10H2,1-5H3,(H,16,17,18). The van der Waals surface area contributed by atoms with Crippen molar-refractivity contribution in [2.24, 2.45) is 5.92 Å². The molecule has 0 saturated carbocycles. The molecule has 0 bridgehead atoms. The van der Waals surface area contributed by atoms with Crippen LogP contribution in [0.2, 0.25) is 0 Å². The van der Waals surface area contributed by atoms with Gasteiger partial charge in [-0.25, -0.2) is 9.97 Å². The molecule has 0 unspecified atom stereocenters. The fraction of sp³-hybridized carbons (Fsp3) is 0.733. The molecule has 0 radical (unpaired) electrons. The summed E-state index contributed by atoms with van der Waals surface area (Å²) in [6.07, 6.45) is 4.97. The molecule has 0 aliphatic rings. The Morgan fingerprint density at radius 1 is 1.26 bits per heavy atom. The van der Waals surface area contributed by atoms with Crippen LogP contribution in [0.25, 0.3) is 0 Å². The Labute approximate surface area is 117 Å². The first-order valence-corrected chi connectivity index (χ1v) is 7.38. The zero-order valence-corrected chi connectivity index (χ0v) is 13.0. The summed E-state index contributed by atoms with van der Waals surface area (Å²) in [6.45, 7) is 10.7. The van der Waals surface area contributed by atoms with E-state index in [9.17, 15) is 0 Å². The summed E-state index contributed by atoms with van der Waals surface area (Å²) < 4.78 is 0. The maximum absolute atomic E-state index is 4.49. The molecule has 0 aromatic carbocycles.